The quantitative estimate of drug-likeness (QED) is 0.804. The number of amides is 1. The van der Waals surface area contributed by atoms with Crippen LogP contribution in [0.1, 0.15) is 61.6 Å². The Hall–Kier alpha value is -1.55. The molecule has 1 N–H and O–H groups in total. The van der Waals surface area contributed by atoms with Gasteiger partial charge in [0.15, 0.2) is 0 Å². The number of benzene rings is 1. The molecule has 1 aromatic rings. The van der Waals surface area contributed by atoms with Crippen molar-refractivity contribution in [2.45, 2.75) is 71.8 Å². The minimum Gasteiger partial charge on any atom is -0.446 e. The summed E-state index contributed by atoms with van der Waals surface area (Å²) < 4.78 is 5.91. The highest BCUT2D eigenvalue weighted by Gasteiger charge is 2.30. The average molecular weight is 359 g/mol. The predicted octanol–water partition coefficient (Wildman–Crippen LogP) is 5.21. The van der Waals surface area contributed by atoms with Gasteiger partial charge in [-0.3, -0.25) is 5.32 Å². The van der Waals surface area contributed by atoms with E-state index in [1.807, 2.05) is 13.8 Å². The van der Waals surface area contributed by atoms with Gasteiger partial charge >= 0.3 is 6.09 Å². The van der Waals surface area contributed by atoms with Gasteiger partial charge in [-0.05, 0) is 77.1 Å². The third-order valence-electron chi connectivity index (χ3n) is 5.94. The first-order chi connectivity index (χ1) is 12.5. The molecule has 1 aliphatic carbocycles. The number of hydrogen-bond acceptors (Lipinski definition) is 3. The molecule has 1 saturated heterocycles. The minimum absolute atomic E-state index is 0.0525. The molecule has 1 aromatic carbocycles. The van der Waals surface area contributed by atoms with Crippen LogP contribution in [0.25, 0.3) is 0 Å². The number of piperidine rings is 1. The van der Waals surface area contributed by atoms with E-state index >= 15 is 0 Å². The van der Waals surface area contributed by atoms with Crippen molar-refractivity contribution in [1.82, 2.24) is 4.90 Å². The highest BCUT2D eigenvalue weighted by Crippen LogP contribution is 2.29. The molecule has 1 heterocycles. The summed E-state index contributed by atoms with van der Waals surface area (Å²) in [5, 5.41) is 3.00. The van der Waals surface area contributed by atoms with Crippen LogP contribution in [0.4, 0.5) is 10.5 Å². The summed E-state index contributed by atoms with van der Waals surface area (Å²) in [4.78, 5) is 15.1. The van der Waals surface area contributed by atoms with E-state index in [1.165, 1.54) is 50.8 Å². The molecule has 0 spiro atoms. The van der Waals surface area contributed by atoms with Crippen LogP contribution < -0.4 is 5.32 Å². The highest BCUT2D eigenvalue weighted by molar-refractivity contribution is 5.87. The molecule has 0 aromatic heterocycles. The third kappa shape index (κ3) is 5.00. The molecule has 1 aliphatic heterocycles. The fourth-order valence-electron chi connectivity index (χ4n) is 4.66. The van der Waals surface area contributed by atoms with Crippen LogP contribution in [0.3, 0.4) is 0 Å². The van der Waals surface area contributed by atoms with E-state index in [9.17, 15) is 4.79 Å². The largest absolute Gasteiger partial charge is 0.446 e. The zero-order chi connectivity index (χ0) is 18.5. The molecule has 2 unspecified atom stereocenters. The Morgan fingerprint density at radius 1 is 1.04 bits per heavy atom. The molecule has 4 heteroatoms. The van der Waals surface area contributed by atoms with Crippen LogP contribution in [0.15, 0.2) is 12.1 Å². The van der Waals surface area contributed by atoms with E-state index in [2.05, 4.69) is 29.3 Å². The van der Waals surface area contributed by atoms with Gasteiger partial charge in [0.2, 0.25) is 0 Å². The number of rotatable bonds is 4. The fraction of sp³-hybridized carbons (Fsp3) is 0.682. The van der Waals surface area contributed by atoms with Crippen molar-refractivity contribution in [3.63, 3.8) is 0 Å². The summed E-state index contributed by atoms with van der Waals surface area (Å²) in [7, 11) is 0. The zero-order valence-electron chi connectivity index (χ0n) is 16.6. The molecule has 0 bridgehead atoms. The highest BCUT2D eigenvalue weighted by atomic mass is 16.6. The number of carbonyl (C=O) groups is 1. The standard InChI is InChI=1S/C22H34N2O2/c1-16-13-17(2)21(18(3)14-16)23-22(25)26-20-10-6-5-9-19(20)15-24-11-7-4-8-12-24/h13-14,19-20H,4-12,15H2,1-3H3,(H,23,25). The summed E-state index contributed by atoms with van der Waals surface area (Å²) in [6.07, 6.45) is 8.34. The smallest absolute Gasteiger partial charge is 0.411 e. The monoisotopic (exact) mass is 358 g/mol. The van der Waals surface area contributed by atoms with Crippen LogP contribution in [0, 0.1) is 26.7 Å². The Morgan fingerprint density at radius 3 is 2.38 bits per heavy atom. The predicted molar refractivity (Wildman–Crippen MR) is 107 cm³/mol. The molecule has 0 radical (unpaired) electrons. The Labute approximate surface area is 158 Å². The molecule has 144 valence electrons. The van der Waals surface area contributed by atoms with E-state index in [1.54, 1.807) is 0 Å². The first-order valence-corrected chi connectivity index (χ1v) is 10.3. The molecule has 2 aliphatic rings. The second kappa shape index (κ2) is 8.90. The van der Waals surface area contributed by atoms with Gasteiger partial charge in [-0.1, -0.05) is 30.5 Å². The summed E-state index contributed by atoms with van der Waals surface area (Å²) >= 11 is 0. The molecule has 3 rings (SSSR count). The van der Waals surface area contributed by atoms with Gasteiger partial charge in [0.25, 0.3) is 0 Å². The number of likely N-dealkylation sites (tertiary alicyclic amines) is 1. The van der Waals surface area contributed by atoms with Crippen LogP contribution in [-0.4, -0.2) is 36.7 Å². The number of nitrogens with zero attached hydrogens (tertiary/aromatic N) is 1. The number of carbonyl (C=O) groups excluding carboxylic acids is 1. The lowest BCUT2D eigenvalue weighted by Crippen LogP contribution is -2.41. The number of aryl methyl sites for hydroxylation is 3. The second-order valence-corrected chi connectivity index (χ2v) is 8.25. The van der Waals surface area contributed by atoms with Crippen molar-refractivity contribution < 1.29 is 9.53 Å². The third-order valence-corrected chi connectivity index (χ3v) is 5.94. The van der Waals surface area contributed by atoms with Gasteiger partial charge < -0.3 is 9.64 Å². The second-order valence-electron chi connectivity index (χ2n) is 8.25. The van der Waals surface area contributed by atoms with Gasteiger partial charge in [0, 0.05) is 18.2 Å². The SMILES string of the molecule is Cc1cc(C)c(NC(=O)OC2CCCCC2CN2CCCCC2)c(C)c1. The summed E-state index contributed by atoms with van der Waals surface area (Å²) in [5.41, 5.74) is 4.29. The van der Waals surface area contributed by atoms with Crippen molar-refractivity contribution >= 4 is 11.8 Å². The normalized spacial score (nSPS) is 24.3. The molecule has 2 fully saturated rings. The molecular formula is C22H34N2O2. The average Bonchev–Trinajstić information content (AvgIpc) is 2.61. The maximum atomic E-state index is 12.6. The summed E-state index contributed by atoms with van der Waals surface area (Å²) in [5.74, 6) is 0.479. The van der Waals surface area contributed by atoms with Crippen molar-refractivity contribution in [2.24, 2.45) is 5.92 Å². The number of anilines is 1. The Balaban J connectivity index is 1.59. The molecule has 26 heavy (non-hydrogen) atoms. The molecule has 1 amide bonds. The van der Waals surface area contributed by atoms with E-state index in [-0.39, 0.29) is 12.2 Å². The molecule has 2 atom stereocenters. The first kappa shape index (κ1) is 19.2. The minimum atomic E-state index is -0.296. The van der Waals surface area contributed by atoms with Gasteiger partial charge in [-0.2, -0.15) is 0 Å². The lowest BCUT2D eigenvalue weighted by molar-refractivity contribution is 0.0267. The van der Waals surface area contributed by atoms with Crippen LogP contribution in [0.5, 0.6) is 0 Å². The van der Waals surface area contributed by atoms with E-state index in [0.29, 0.717) is 5.92 Å². The van der Waals surface area contributed by atoms with E-state index < -0.39 is 0 Å². The molecule has 1 saturated carbocycles. The van der Waals surface area contributed by atoms with Crippen molar-refractivity contribution in [2.75, 3.05) is 25.0 Å². The van der Waals surface area contributed by atoms with Gasteiger partial charge in [0.1, 0.15) is 6.10 Å². The zero-order valence-corrected chi connectivity index (χ0v) is 16.6. The van der Waals surface area contributed by atoms with Crippen molar-refractivity contribution in [3.05, 3.63) is 28.8 Å². The molecule has 4 nitrogen and oxygen atoms in total. The lowest BCUT2D eigenvalue weighted by Gasteiger charge is -2.36. The maximum absolute atomic E-state index is 12.6. The van der Waals surface area contributed by atoms with Gasteiger partial charge in [0.05, 0.1) is 0 Å². The number of hydrogen-bond donors (Lipinski definition) is 1. The summed E-state index contributed by atoms with van der Waals surface area (Å²) in [6.45, 7) is 9.65. The number of ether oxygens (including phenoxy) is 1. The fourth-order valence-corrected chi connectivity index (χ4v) is 4.66. The van der Waals surface area contributed by atoms with Crippen LogP contribution >= 0.6 is 0 Å². The Morgan fingerprint density at radius 2 is 1.69 bits per heavy atom. The Bertz CT molecular complexity index is 600. The van der Waals surface area contributed by atoms with Crippen molar-refractivity contribution in [3.8, 4) is 0 Å². The molecular weight excluding hydrogens is 324 g/mol. The van der Waals surface area contributed by atoms with E-state index in [0.717, 1.165) is 36.2 Å². The number of nitrogens with one attached hydrogen (secondary N) is 1. The summed E-state index contributed by atoms with van der Waals surface area (Å²) in [6, 6.07) is 4.20. The topological polar surface area (TPSA) is 41.6 Å². The van der Waals surface area contributed by atoms with Crippen LogP contribution in [-0.2, 0) is 4.74 Å². The Kier molecular flexibility index (Phi) is 6.58. The lowest BCUT2D eigenvalue weighted by atomic mass is 9.85. The maximum Gasteiger partial charge on any atom is 0.411 e. The first-order valence-electron chi connectivity index (χ1n) is 10.3. The van der Waals surface area contributed by atoms with Crippen molar-refractivity contribution in [1.29, 1.82) is 0 Å². The van der Waals surface area contributed by atoms with E-state index in [4.69, 9.17) is 4.74 Å². The van der Waals surface area contributed by atoms with Gasteiger partial charge in [-0.25, -0.2) is 4.79 Å². The van der Waals surface area contributed by atoms with Crippen LogP contribution in [0.2, 0.25) is 0 Å². The van der Waals surface area contributed by atoms with Gasteiger partial charge in [-0.15, -0.1) is 0 Å².